The molecule has 118 valence electrons. The molecule has 4 heteroatoms. The van der Waals surface area contributed by atoms with E-state index in [4.69, 9.17) is 4.98 Å². The lowest BCUT2D eigenvalue weighted by atomic mass is 9.87. The first kappa shape index (κ1) is 15.4. The Bertz CT molecular complexity index is 473. The SMILES string of the molecule is CN1CCCC(CNC2CC2)C1c1csc(C(C)(C)C)n1. The summed E-state index contributed by atoms with van der Waals surface area (Å²) in [6.07, 6.45) is 5.40. The fraction of sp³-hybridized carbons (Fsp3) is 0.824. The van der Waals surface area contributed by atoms with E-state index in [1.54, 1.807) is 0 Å². The summed E-state index contributed by atoms with van der Waals surface area (Å²) in [6.45, 7) is 9.13. The monoisotopic (exact) mass is 307 g/mol. The van der Waals surface area contributed by atoms with Gasteiger partial charge in [-0.25, -0.2) is 4.98 Å². The van der Waals surface area contributed by atoms with E-state index >= 15 is 0 Å². The fourth-order valence-electron chi connectivity index (χ4n) is 3.31. The van der Waals surface area contributed by atoms with Crippen molar-refractivity contribution < 1.29 is 0 Å². The molecule has 1 aliphatic heterocycles. The van der Waals surface area contributed by atoms with Crippen LogP contribution in [0.5, 0.6) is 0 Å². The van der Waals surface area contributed by atoms with Crippen LogP contribution >= 0.6 is 11.3 Å². The molecule has 0 aromatic carbocycles. The van der Waals surface area contributed by atoms with Crippen molar-refractivity contribution in [1.82, 2.24) is 15.2 Å². The third-order valence-corrected chi connectivity index (χ3v) is 6.01. The highest BCUT2D eigenvalue weighted by Crippen LogP contribution is 2.37. The van der Waals surface area contributed by atoms with Gasteiger partial charge in [-0.1, -0.05) is 20.8 Å². The summed E-state index contributed by atoms with van der Waals surface area (Å²) in [5.41, 5.74) is 1.47. The van der Waals surface area contributed by atoms with Crippen LogP contribution in [0.3, 0.4) is 0 Å². The minimum Gasteiger partial charge on any atom is -0.314 e. The molecule has 1 aliphatic carbocycles. The topological polar surface area (TPSA) is 28.2 Å². The van der Waals surface area contributed by atoms with Crippen LogP contribution in [0, 0.1) is 5.92 Å². The predicted molar refractivity (Wildman–Crippen MR) is 89.9 cm³/mol. The number of thiazole rings is 1. The van der Waals surface area contributed by atoms with Crippen molar-refractivity contribution in [2.45, 2.75) is 64.0 Å². The van der Waals surface area contributed by atoms with Crippen molar-refractivity contribution in [1.29, 1.82) is 0 Å². The summed E-state index contributed by atoms with van der Waals surface area (Å²) < 4.78 is 0. The van der Waals surface area contributed by atoms with Gasteiger partial charge in [0.05, 0.1) is 16.7 Å². The van der Waals surface area contributed by atoms with E-state index in [1.165, 1.54) is 42.9 Å². The number of hydrogen-bond acceptors (Lipinski definition) is 4. The molecule has 1 aromatic heterocycles. The van der Waals surface area contributed by atoms with Crippen molar-refractivity contribution >= 4 is 11.3 Å². The molecule has 3 nitrogen and oxygen atoms in total. The van der Waals surface area contributed by atoms with Crippen molar-refractivity contribution in [3.8, 4) is 0 Å². The van der Waals surface area contributed by atoms with Gasteiger partial charge in [0.15, 0.2) is 0 Å². The third kappa shape index (κ3) is 3.66. The molecule has 2 heterocycles. The first-order chi connectivity index (χ1) is 9.95. The Morgan fingerprint density at radius 3 is 2.71 bits per heavy atom. The average Bonchev–Trinajstić information content (AvgIpc) is 3.10. The molecular formula is C17H29N3S. The molecule has 1 aromatic rings. The Morgan fingerprint density at radius 1 is 1.33 bits per heavy atom. The maximum absolute atomic E-state index is 5.00. The molecule has 21 heavy (non-hydrogen) atoms. The van der Waals surface area contributed by atoms with E-state index in [1.807, 2.05) is 11.3 Å². The molecule has 2 fully saturated rings. The highest BCUT2D eigenvalue weighted by atomic mass is 32.1. The molecule has 2 unspecified atom stereocenters. The van der Waals surface area contributed by atoms with Crippen LogP contribution in [0.2, 0.25) is 0 Å². The number of likely N-dealkylation sites (tertiary alicyclic amines) is 1. The van der Waals surface area contributed by atoms with Gasteiger partial charge in [-0.3, -0.25) is 4.90 Å². The summed E-state index contributed by atoms with van der Waals surface area (Å²) in [4.78, 5) is 7.52. The summed E-state index contributed by atoms with van der Waals surface area (Å²) in [7, 11) is 2.27. The van der Waals surface area contributed by atoms with E-state index in [2.05, 4.69) is 43.4 Å². The van der Waals surface area contributed by atoms with Crippen LogP contribution in [0.4, 0.5) is 0 Å². The molecule has 2 atom stereocenters. The van der Waals surface area contributed by atoms with E-state index in [0.717, 1.165) is 12.6 Å². The van der Waals surface area contributed by atoms with Crippen molar-refractivity contribution in [3.05, 3.63) is 16.1 Å². The van der Waals surface area contributed by atoms with Crippen LogP contribution in [-0.4, -0.2) is 36.1 Å². The molecule has 0 amide bonds. The van der Waals surface area contributed by atoms with Crippen molar-refractivity contribution in [2.75, 3.05) is 20.1 Å². The van der Waals surface area contributed by atoms with Gasteiger partial charge in [0.25, 0.3) is 0 Å². The molecule has 1 saturated heterocycles. The Labute approximate surface area is 133 Å². The van der Waals surface area contributed by atoms with Crippen molar-refractivity contribution in [2.24, 2.45) is 5.92 Å². The standard InChI is InChI=1S/C17H29N3S/c1-17(2,3)16-19-14(11-21-16)15-12(6-5-9-20(15)4)10-18-13-7-8-13/h11-13,15,18H,5-10H2,1-4H3. The Morgan fingerprint density at radius 2 is 2.10 bits per heavy atom. The van der Waals surface area contributed by atoms with Gasteiger partial charge >= 0.3 is 0 Å². The lowest BCUT2D eigenvalue weighted by Crippen LogP contribution is -2.41. The molecule has 2 aliphatic rings. The summed E-state index contributed by atoms with van der Waals surface area (Å²) in [5, 5.41) is 7.30. The number of hydrogen-bond donors (Lipinski definition) is 1. The van der Waals surface area contributed by atoms with Crippen LogP contribution < -0.4 is 5.32 Å². The smallest absolute Gasteiger partial charge is 0.0982 e. The molecule has 1 saturated carbocycles. The summed E-state index contributed by atoms with van der Waals surface area (Å²) in [6, 6.07) is 1.30. The van der Waals surface area contributed by atoms with Crippen LogP contribution in [0.1, 0.15) is 63.2 Å². The highest BCUT2D eigenvalue weighted by molar-refractivity contribution is 7.09. The Kier molecular flexibility index (Phi) is 4.40. The van der Waals surface area contributed by atoms with Gasteiger partial charge in [0.2, 0.25) is 0 Å². The van der Waals surface area contributed by atoms with Gasteiger partial charge in [-0.2, -0.15) is 0 Å². The van der Waals surface area contributed by atoms with Gasteiger partial charge in [-0.15, -0.1) is 11.3 Å². The molecule has 1 N–H and O–H groups in total. The van der Waals surface area contributed by atoms with E-state index in [-0.39, 0.29) is 5.41 Å². The first-order valence-electron chi connectivity index (χ1n) is 8.34. The van der Waals surface area contributed by atoms with Gasteiger partial charge in [0.1, 0.15) is 0 Å². The second-order valence-electron chi connectivity index (χ2n) is 7.84. The number of nitrogens with zero attached hydrogens (tertiary/aromatic N) is 2. The van der Waals surface area contributed by atoms with Gasteiger partial charge < -0.3 is 5.32 Å². The molecular weight excluding hydrogens is 278 g/mol. The maximum atomic E-state index is 5.00. The molecule has 0 spiro atoms. The van der Waals surface area contributed by atoms with Gasteiger partial charge in [-0.05, 0) is 45.2 Å². The van der Waals surface area contributed by atoms with Gasteiger partial charge in [0, 0.05) is 23.4 Å². The van der Waals surface area contributed by atoms with Crippen LogP contribution in [-0.2, 0) is 5.41 Å². The molecule has 0 bridgehead atoms. The zero-order chi connectivity index (χ0) is 15.0. The maximum Gasteiger partial charge on any atom is 0.0982 e. The number of aromatic nitrogens is 1. The van der Waals surface area contributed by atoms with Crippen LogP contribution in [0.15, 0.2) is 5.38 Å². The predicted octanol–water partition coefficient (Wildman–Crippen LogP) is 3.58. The van der Waals surface area contributed by atoms with E-state index < -0.39 is 0 Å². The zero-order valence-corrected chi connectivity index (χ0v) is 14.7. The average molecular weight is 308 g/mol. The summed E-state index contributed by atoms with van der Waals surface area (Å²) >= 11 is 1.83. The van der Waals surface area contributed by atoms with Crippen LogP contribution in [0.25, 0.3) is 0 Å². The first-order valence-corrected chi connectivity index (χ1v) is 9.22. The molecule has 0 radical (unpaired) electrons. The number of piperidine rings is 1. The second-order valence-corrected chi connectivity index (χ2v) is 8.70. The number of nitrogens with one attached hydrogen (secondary N) is 1. The Hall–Kier alpha value is -0.450. The third-order valence-electron chi connectivity index (χ3n) is 4.72. The zero-order valence-electron chi connectivity index (χ0n) is 13.9. The van der Waals surface area contributed by atoms with E-state index in [0.29, 0.717) is 12.0 Å². The quantitative estimate of drug-likeness (QED) is 0.921. The fourth-order valence-corrected chi connectivity index (χ4v) is 4.25. The normalized spacial score (nSPS) is 28.0. The minimum absolute atomic E-state index is 0.165. The lowest BCUT2D eigenvalue weighted by Gasteiger charge is -2.38. The Balaban J connectivity index is 1.75. The summed E-state index contributed by atoms with van der Waals surface area (Å²) in [5.74, 6) is 0.708. The minimum atomic E-state index is 0.165. The number of rotatable bonds is 4. The second kappa shape index (κ2) is 5.98. The highest BCUT2D eigenvalue weighted by Gasteiger charge is 2.34. The van der Waals surface area contributed by atoms with Crippen molar-refractivity contribution in [3.63, 3.8) is 0 Å². The van der Waals surface area contributed by atoms with E-state index in [9.17, 15) is 0 Å². The lowest BCUT2D eigenvalue weighted by molar-refractivity contribution is 0.116. The molecule has 3 rings (SSSR count). The largest absolute Gasteiger partial charge is 0.314 e.